The third-order valence-corrected chi connectivity index (χ3v) is 4.53. The standard InChI is InChI=1S/C21H25NO4/c1-3-22(14-17-15-25-19-10-6-7-11-20(19)26-17)21(23)13-12-16-8-4-5-9-18(16)24-2/h4-11,17H,3,12-15H2,1-2H3. The third kappa shape index (κ3) is 4.28. The summed E-state index contributed by atoms with van der Waals surface area (Å²) in [5.74, 6) is 2.43. The van der Waals surface area contributed by atoms with E-state index in [1.54, 1.807) is 7.11 Å². The summed E-state index contributed by atoms with van der Waals surface area (Å²) in [5.41, 5.74) is 1.05. The summed E-state index contributed by atoms with van der Waals surface area (Å²) in [7, 11) is 1.65. The van der Waals surface area contributed by atoms with Gasteiger partial charge in [-0.15, -0.1) is 0 Å². The number of carbonyl (C=O) groups excluding carboxylic acids is 1. The molecule has 2 aromatic rings. The van der Waals surface area contributed by atoms with Crippen LogP contribution in [0.1, 0.15) is 18.9 Å². The maximum Gasteiger partial charge on any atom is 0.223 e. The number of rotatable bonds is 7. The molecule has 0 saturated heterocycles. The molecule has 1 amide bonds. The summed E-state index contributed by atoms with van der Waals surface area (Å²) in [5, 5.41) is 0. The Bertz CT molecular complexity index is 746. The van der Waals surface area contributed by atoms with E-state index in [2.05, 4.69) is 0 Å². The average Bonchev–Trinajstić information content (AvgIpc) is 2.70. The van der Waals surface area contributed by atoms with Crippen molar-refractivity contribution < 1.29 is 19.0 Å². The first-order valence-electron chi connectivity index (χ1n) is 8.99. The minimum Gasteiger partial charge on any atom is -0.496 e. The second-order valence-electron chi connectivity index (χ2n) is 6.24. The van der Waals surface area contributed by atoms with Gasteiger partial charge >= 0.3 is 0 Å². The summed E-state index contributed by atoms with van der Waals surface area (Å²) in [6, 6.07) is 15.4. The van der Waals surface area contributed by atoms with Crippen LogP contribution in [-0.4, -0.2) is 43.7 Å². The second-order valence-corrected chi connectivity index (χ2v) is 6.24. The summed E-state index contributed by atoms with van der Waals surface area (Å²) >= 11 is 0. The zero-order valence-corrected chi connectivity index (χ0v) is 15.3. The number of likely N-dealkylation sites (N-methyl/N-ethyl adjacent to an activating group) is 1. The first-order chi connectivity index (χ1) is 12.7. The first-order valence-corrected chi connectivity index (χ1v) is 8.99. The van der Waals surface area contributed by atoms with Crippen LogP contribution in [0.4, 0.5) is 0 Å². The van der Waals surface area contributed by atoms with Gasteiger partial charge in [-0.05, 0) is 37.1 Å². The molecule has 0 fully saturated rings. The predicted octanol–water partition coefficient (Wildman–Crippen LogP) is 3.32. The van der Waals surface area contributed by atoms with Gasteiger partial charge in [-0.3, -0.25) is 4.79 Å². The third-order valence-electron chi connectivity index (χ3n) is 4.53. The Morgan fingerprint density at radius 2 is 1.88 bits per heavy atom. The van der Waals surface area contributed by atoms with E-state index in [4.69, 9.17) is 14.2 Å². The van der Waals surface area contributed by atoms with Gasteiger partial charge in [0.2, 0.25) is 5.91 Å². The largest absolute Gasteiger partial charge is 0.496 e. The number of carbonyl (C=O) groups is 1. The fourth-order valence-corrected chi connectivity index (χ4v) is 3.12. The van der Waals surface area contributed by atoms with Gasteiger partial charge in [0.05, 0.1) is 13.7 Å². The van der Waals surface area contributed by atoms with Crippen LogP contribution in [0.25, 0.3) is 0 Å². The Labute approximate surface area is 154 Å². The van der Waals surface area contributed by atoms with E-state index in [1.165, 1.54) is 0 Å². The number of fused-ring (bicyclic) bond motifs is 1. The van der Waals surface area contributed by atoms with Gasteiger partial charge in [0.25, 0.3) is 0 Å². The molecule has 3 rings (SSSR count). The van der Waals surface area contributed by atoms with E-state index in [0.29, 0.717) is 32.5 Å². The molecule has 0 aromatic heterocycles. The number of amides is 1. The SMILES string of the molecule is CCN(CC1COc2ccccc2O1)C(=O)CCc1ccccc1OC. The number of nitrogens with zero attached hydrogens (tertiary/aromatic N) is 1. The van der Waals surface area contributed by atoms with E-state index in [-0.39, 0.29) is 12.0 Å². The zero-order chi connectivity index (χ0) is 18.4. The van der Waals surface area contributed by atoms with Crippen LogP contribution < -0.4 is 14.2 Å². The molecule has 0 N–H and O–H groups in total. The van der Waals surface area contributed by atoms with Crippen molar-refractivity contribution in [3.05, 3.63) is 54.1 Å². The molecule has 1 unspecified atom stereocenters. The molecule has 0 saturated carbocycles. The van der Waals surface area contributed by atoms with E-state index in [9.17, 15) is 4.79 Å². The van der Waals surface area contributed by atoms with Crippen molar-refractivity contribution >= 4 is 5.91 Å². The topological polar surface area (TPSA) is 48.0 Å². The van der Waals surface area contributed by atoms with Crippen molar-refractivity contribution in [1.29, 1.82) is 0 Å². The average molecular weight is 355 g/mol. The Kier molecular flexibility index (Phi) is 6.00. The molecule has 1 atom stereocenters. The zero-order valence-electron chi connectivity index (χ0n) is 15.3. The summed E-state index contributed by atoms with van der Waals surface area (Å²) in [4.78, 5) is 14.5. The molecule has 1 aliphatic rings. The molecule has 0 bridgehead atoms. The molecule has 2 aromatic carbocycles. The number of methoxy groups -OCH3 is 1. The summed E-state index contributed by atoms with van der Waals surface area (Å²) < 4.78 is 17.1. The highest BCUT2D eigenvalue weighted by molar-refractivity contribution is 5.76. The monoisotopic (exact) mass is 355 g/mol. The Morgan fingerprint density at radius 1 is 1.15 bits per heavy atom. The fraction of sp³-hybridized carbons (Fsp3) is 0.381. The lowest BCUT2D eigenvalue weighted by Crippen LogP contribution is -2.43. The number of ether oxygens (including phenoxy) is 3. The lowest BCUT2D eigenvalue weighted by molar-refractivity contribution is -0.132. The summed E-state index contributed by atoms with van der Waals surface area (Å²) in [6.45, 7) is 3.60. The van der Waals surface area contributed by atoms with E-state index in [1.807, 2.05) is 60.4 Å². The molecule has 26 heavy (non-hydrogen) atoms. The van der Waals surface area contributed by atoms with Crippen molar-refractivity contribution in [3.8, 4) is 17.2 Å². The van der Waals surface area contributed by atoms with Crippen LogP contribution in [-0.2, 0) is 11.2 Å². The maximum absolute atomic E-state index is 12.7. The molecule has 138 valence electrons. The molecule has 5 heteroatoms. The van der Waals surface area contributed by atoms with Gasteiger partial charge in [-0.25, -0.2) is 0 Å². The van der Waals surface area contributed by atoms with Crippen molar-refractivity contribution in [2.24, 2.45) is 0 Å². The van der Waals surface area contributed by atoms with Gasteiger partial charge in [-0.2, -0.15) is 0 Å². The first kappa shape index (κ1) is 18.1. The molecular formula is C21H25NO4. The number of hydrogen-bond donors (Lipinski definition) is 0. The molecule has 0 spiro atoms. The molecule has 0 radical (unpaired) electrons. The number of aryl methyl sites for hydroxylation is 1. The number of benzene rings is 2. The quantitative estimate of drug-likeness (QED) is 0.764. The number of hydrogen-bond acceptors (Lipinski definition) is 4. The highest BCUT2D eigenvalue weighted by Crippen LogP contribution is 2.31. The van der Waals surface area contributed by atoms with E-state index >= 15 is 0 Å². The van der Waals surface area contributed by atoms with Crippen LogP contribution in [0, 0.1) is 0 Å². The molecule has 0 aliphatic carbocycles. The van der Waals surface area contributed by atoms with E-state index in [0.717, 1.165) is 22.8 Å². The Morgan fingerprint density at radius 3 is 2.65 bits per heavy atom. The van der Waals surface area contributed by atoms with Crippen molar-refractivity contribution in [2.45, 2.75) is 25.9 Å². The minimum atomic E-state index is -0.153. The van der Waals surface area contributed by atoms with Crippen molar-refractivity contribution in [2.75, 3.05) is 26.8 Å². The smallest absolute Gasteiger partial charge is 0.223 e. The molecule has 1 heterocycles. The van der Waals surface area contributed by atoms with Crippen LogP contribution in [0.5, 0.6) is 17.2 Å². The van der Waals surface area contributed by atoms with Gasteiger partial charge in [-0.1, -0.05) is 30.3 Å². The Balaban J connectivity index is 1.56. The van der Waals surface area contributed by atoms with Crippen molar-refractivity contribution in [1.82, 2.24) is 4.90 Å². The Hall–Kier alpha value is -2.69. The van der Waals surface area contributed by atoms with Crippen molar-refractivity contribution in [3.63, 3.8) is 0 Å². The van der Waals surface area contributed by atoms with Crippen LogP contribution in [0.15, 0.2) is 48.5 Å². The van der Waals surface area contributed by atoms with Crippen LogP contribution in [0.2, 0.25) is 0 Å². The number of para-hydroxylation sites is 3. The maximum atomic E-state index is 12.7. The second kappa shape index (κ2) is 8.61. The molecule has 1 aliphatic heterocycles. The van der Waals surface area contributed by atoms with E-state index < -0.39 is 0 Å². The minimum absolute atomic E-state index is 0.112. The van der Waals surface area contributed by atoms with Crippen LogP contribution in [0.3, 0.4) is 0 Å². The van der Waals surface area contributed by atoms with Crippen LogP contribution >= 0.6 is 0 Å². The molecule has 5 nitrogen and oxygen atoms in total. The highest BCUT2D eigenvalue weighted by Gasteiger charge is 2.24. The summed E-state index contributed by atoms with van der Waals surface area (Å²) in [6.07, 6.45) is 0.947. The predicted molar refractivity (Wildman–Crippen MR) is 99.9 cm³/mol. The van der Waals surface area contributed by atoms with Gasteiger partial charge < -0.3 is 19.1 Å². The van der Waals surface area contributed by atoms with Gasteiger partial charge in [0.15, 0.2) is 17.6 Å². The fourth-order valence-electron chi connectivity index (χ4n) is 3.12. The normalized spacial score (nSPS) is 15.4. The lowest BCUT2D eigenvalue weighted by atomic mass is 10.1. The van der Waals surface area contributed by atoms with Gasteiger partial charge in [0.1, 0.15) is 12.4 Å². The van der Waals surface area contributed by atoms with Gasteiger partial charge in [0, 0.05) is 13.0 Å². The molecular weight excluding hydrogens is 330 g/mol. The lowest BCUT2D eigenvalue weighted by Gasteiger charge is -2.31. The highest BCUT2D eigenvalue weighted by atomic mass is 16.6.